The van der Waals surface area contributed by atoms with Gasteiger partial charge in [0.15, 0.2) is 0 Å². The normalized spacial score (nSPS) is 10.5. The zero-order valence-electron chi connectivity index (χ0n) is 20.0. The molecule has 0 aliphatic carbocycles. The Bertz CT molecular complexity index is 872. The molecule has 0 aliphatic heterocycles. The third-order valence-electron chi connectivity index (χ3n) is 4.76. The van der Waals surface area contributed by atoms with Crippen molar-refractivity contribution in [3.63, 3.8) is 0 Å². The van der Waals surface area contributed by atoms with E-state index < -0.39 is 18.2 Å². The number of rotatable bonds is 14. The molecule has 0 spiro atoms. The fourth-order valence-corrected chi connectivity index (χ4v) is 2.90. The second-order valence-electron chi connectivity index (χ2n) is 6.99. The SMILES string of the molecule is CCCCCC(OOC(=O)c1cc(OC)ccc1OC)OOC(=O)c1cc(OC)ccc1OC. The van der Waals surface area contributed by atoms with Crippen molar-refractivity contribution in [1.82, 2.24) is 0 Å². The number of ether oxygens (including phenoxy) is 4. The molecule has 2 rings (SSSR count). The van der Waals surface area contributed by atoms with Crippen LogP contribution < -0.4 is 18.9 Å². The molecular formula is C24H30O10. The highest BCUT2D eigenvalue weighted by atomic mass is 17.3. The Morgan fingerprint density at radius 3 is 1.56 bits per heavy atom. The van der Waals surface area contributed by atoms with Gasteiger partial charge in [-0.25, -0.2) is 9.59 Å². The molecule has 0 heterocycles. The van der Waals surface area contributed by atoms with Gasteiger partial charge in [-0.3, -0.25) is 9.78 Å². The molecular weight excluding hydrogens is 448 g/mol. The van der Waals surface area contributed by atoms with Crippen molar-refractivity contribution in [2.45, 2.75) is 38.9 Å². The standard InChI is InChI=1S/C24H30O10/c1-6-7-8-9-22(31-33-23(25)18-14-16(27-2)10-12-20(18)29-4)32-34-24(26)19-15-17(28-3)11-13-21(19)30-5/h10-15,22H,6-9H2,1-5H3. The smallest absolute Gasteiger partial charge is 0.377 e. The van der Waals surface area contributed by atoms with Gasteiger partial charge < -0.3 is 18.9 Å². The minimum atomic E-state index is -1.16. The summed E-state index contributed by atoms with van der Waals surface area (Å²) in [7, 11) is 5.78. The topological polar surface area (TPSA) is 108 Å². The number of unbranched alkanes of at least 4 members (excludes halogenated alkanes) is 2. The monoisotopic (exact) mass is 478 g/mol. The van der Waals surface area contributed by atoms with Gasteiger partial charge in [0.1, 0.15) is 34.1 Å². The van der Waals surface area contributed by atoms with E-state index in [2.05, 4.69) is 0 Å². The van der Waals surface area contributed by atoms with E-state index in [9.17, 15) is 9.59 Å². The van der Waals surface area contributed by atoms with Crippen LogP contribution >= 0.6 is 0 Å². The third-order valence-corrected chi connectivity index (χ3v) is 4.76. The molecule has 0 amide bonds. The molecule has 0 atom stereocenters. The van der Waals surface area contributed by atoms with Gasteiger partial charge in [0.05, 0.1) is 28.4 Å². The van der Waals surface area contributed by atoms with Gasteiger partial charge in [-0.1, -0.05) is 19.8 Å². The van der Waals surface area contributed by atoms with E-state index in [0.717, 1.165) is 12.8 Å². The predicted molar refractivity (Wildman–Crippen MR) is 120 cm³/mol. The van der Waals surface area contributed by atoms with Gasteiger partial charge in [0, 0.05) is 6.42 Å². The molecule has 0 fully saturated rings. The van der Waals surface area contributed by atoms with E-state index in [1.165, 1.54) is 40.6 Å². The third kappa shape index (κ3) is 7.53. The second kappa shape index (κ2) is 13.9. The Morgan fingerprint density at radius 2 is 1.18 bits per heavy atom. The largest absolute Gasteiger partial charge is 0.497 e. The Kier molecular flexibility index (Phi) is 10.9. The van der Waals surface area contributed by atoms with Crippen LogP contribution in [0.2, 0.25) is 0 Å². The van der Waals surface area contributed by atoms with Gasteiger partial charge in [-0.05, 0) is 42.8 Å². The molecule has 0 aliphatic rings. The van der Waals surface area contributed by atoms with Crippen molar-refractivity contribution >= 4 is 11.9 Å². The first-order valence-electron chi connectivity index (χ1n) is 10.7. The van der Waals surface area contributed by atoms with E-state index in [0.29, 0.717) is 24.3 Å². The molecule has 10 heteroatoms. The lowest BCUT2D eigenvalue weighted by Gasteiger charge is -2.16. The minimum absolute atomic E-state index is 0.0901. The molecule has 186 valence electrons. The average Bonchev–Trinajstić information content (AvgIpc) is 2.88. The maximum absolute atomic E-state index is 12.6. The van der Waals surface area contributed by atoms with Crippen LogP contribution in [-0.4, -0.2) is 46.7 Å². The molecule has 2 aromatic rings. The molecule has 0 radical (unpaired) electrons. The fourth-order valence-electron chi connectivity index (χ4n) is 2.90. The minimum Gasteiger partial charge on any atom is -0.497 e. The summed E-state index contributed by atoms with van der Waals surface area (Å²) in [6.07, 6.45) is 1.64. The molecule has 0 saturated carbocycles. The zero-order valence-corrected chi connectivity index (χ0v) is 20.0. The predicted octanol–water partition coefficient (Wildman–Crippen LogP) is 4.50. The van der Waals surface area contributed by atoms with Crippen LogP contribution in [0.1, 0.15) is 53.3 Å². The van der Waals surface area contributed by atoms with Crippen LogP contribution in [0.15, 0.2) is 36.4 Å². The van der Waals surface area contributed by atoms with Crippen molar-refractivity contribution in [3.8, 4) is 23.0 Å². The molecule has 0 aromatic heterocycles. The first-order valence-corrected chi connectivity index (χ1v) is 10.7. The molecule has 0 N–H and O–H groups in total. The van der Waals surface area contributed by atoms with E-state index in [4.69, 9.17) is 38.5 Å². The quantitative estimate of drug-likeness (QED) is 0.167. The van der Waals surface area contributed by atoms with E-state index in [1.807, 2.05) is 6.92 Å². The van der Waals surface area contributed by atoms with Crippen molar-refractivity contribution in [2.75, 3.05) is 28.4 Å². The van der Waals surface area contributed by atoms with Gasteiger partial charge in [-0.15, -0.1) is 9.78 Å². The highest BCUT2D eigenvalue weighted by Crippen LogP contribution is 2.26. The van der Waals surface area contributed by atoms with E-state index in [1.54, 1.807) is 24.3 Å². The van der Waals surface area contributed by atoms with Crippen LogP contribution in [0.3, 0.4) is 0 Å². The summed E-state index contributed by atoms with van der Waals surface area (Å²) in [4.78, 5) is 45.4. The molecule has 0 saturated heterocycles. The van der Waals surface area contributed by atoms with Crippen molar-refractivity contribution in [3.05, 3.63) is 47.5 Å². The van der Waals surface area contributed by atoms with Crippen molar-refractivity contribution in [2.24, 2.45) is 0 Å². The van der Waals surface area contributed by atoms with Crippen LogP contribution in [0.5, 0.6) is 23.0 Å². The molecule has 10 nitrogen and oxygen atoms in total. The Labute approximate surface area is 198 Å². The number of hydrogen-bond acceptors (Lipinski definition) is 10. The van der Waals surface area contributed by atoms with Gasteiger partial charge >= 0.3 is 11.9 Å². The summed E-state index contributed by atoms with van der Waals surface area (Å²) in [5.74, 6) is -0.251. The molecule has 2 aromatic carbocycles. The maximum atomic E-state index is 12.6. The van der Waals surface area contributed by atoms with Crippen molar-refractivity contribution < 1.29 is 48.1 Å². The van der Waals surface area contributed by atoms with Crippen LogP contribution in [-0.2, 0) is 19.6 Å². The summed E-state index contributed by atoms with van der Waals surface area (Å²) < 4.78 is 20.6. The van der Waals surface area contributed by atoms with Crippen molar-refractivity contribution in [1.29, 1.82) is 0 Å². The highest BCUT2D eigenvalue weighted by Gasteiger charge is 2.23. The zero-order chi connectivity index (χ0) is 24.9. The van der Waals surface area contributed by atoms with Crippen LogP contribution in [0.25, 0.3) is 0 Å². The lowest BCUT2D eigenvalue weighted by atomic mass is 10.2. The number of methoxy groups -OCH3 is 4. The Morgan fingerprint density at radius 1 is 0.706 bits per heavy atom. The summed E-state index contributed by atoms with van der Waals surface area (Å²) in [6.45, 7) is 2.03. The van der Waals surface area contributed by atoms with E-state index in [-0.39, 0.29) is 22.6 Å². The summed E-state index contributed by atoms with van der Waals surface area (Å²) in [5.41, 5.74) is 0.180. The Hall–Kier alpha value is -3.50. The van der Waals surface area contributed by atoms with Gasteiger partial charge in [-0.2, -0.15) is 0 Å². The van der Waals surface area contributed by atoms with E-state index >= 15 is 0 Å². The summed E-state index contributed by atoms with van der Waals surface area (Å²) >= 11 is 0. The lowest BCUT2D eigenvalue weighted by molar-refractivity contribution is -0.421. The first-order chi connectivity index (χ1) is 16.5. The number of carbonyl (C=O) groups is 2. The summed E-state index contributed by atoms with van der Waals surface area (Å²) in [5, 5.41) is 0. The lowest BCUT2D eigenvalue weighted by Crippen LogP contribution is -2.22. The van der Waals surface area contributed by atoms with Gasteiger partial charge in [0.25, 0.3) is 0 Å². The maximum Gasteiger partial charge on any atom is 0.377 e. The molecule has 34 heavy (non-hydrogen) atoms. The van der Waals surface area contributed by atoms with Crippen LogP contribution in [0, 0.1) is 0 Å². The molecule has 0 unspecified atom stereocenters. The number of carbonyl (C=O) groups excluding carboxylic acids is 2. The summed E-state index contributed by atoms with van der Waals surface area (Å²) in [6, 6.07) is 9.31. The van der Waals surface area contributed by atoms with Gasteiger partial charge in [0.2, 0.25) is 6.29 Å². The number of benzene rings is 2. The first kappa shape index (κ1) is 26.7. The average molecular weight is 478 g/mol. The second-order valence-corrected chi connectivity index (χ2v) is 6.99. The molecule has 0 bridgehead atoms. The Balaban J connectivity index is 2.07. The van der Waals surface area contributed by atoms with Crippen LogP contribution in [0.4, 0.5) is 0 Å². The fraction of sp³-hybridized carbons (Fsp3) is 0.417. The number of hydrogen-bond donors (Lipinski definition) is 0. The highest BCUT2D eigenvalue weighted by molar-refractivity contribution is 5.93.